The normalized spacial score (nSPS) is 37.8. The third-order valence-corrected chi connectivity index (χ3v) is 5.94. The molecule has 3 aliphatic rings. The van der Waals surface area contributed by atoms with Crippen molar-refractivity contribution in [1.29, 1.82) is 0 Å². The number of nitrogens with zero attached hydrogens (tertiary/aromatic N) is 2. The van der Waals surface area contributed by atoms with Gasteiger partial charge in [-0.1, -0.05) is 0 Å². The number of fused-ring (bicyclic) bond motifs is 1. The van der Waals surface area contributed by atoms with Crippen molar-refractivity contribution in [2.24, 2.45) is 11.8 Å². The molecule has 21 heavy (non-hydrogen) atoms. The molecule has 4 atom stereocenters. The summed E-state index contributed by atoms with van der Waals surface area (Å²) in [6, 6.07) is 2.53. The molecule has 1 saturated heterocycles. The Balaban J connectivity index is 1.45. The maximum atomic E-state index is 6.20. The van der Waals surface area contributed by atoms with Crippen LogP contribution in [0.1, 0.15) is 32.1 Å². The number of hydrogen-bond donors (Lipinski definition) is 2. The van der Waals surface area contributed by atoms with Gasteiger partial charge < -0.3 is 15.0 Å². The van der Waals surface area contributed by atoms with Crippen LogP contribution >= 0.6 is 0 Å². The van der Waals surface area contributed by atoms with Crippen molar-refractivity contribution >= 4 is 16.9 Å². The number of anilines is 1. The maximum absolute atomic E-state index is 6.20. The van der Waals surface area contributed by atoms with E-state index in [0.717, 1.165) is 29.4 Å². The summed E-state index contributed by atoms with van der Waals surface area (Å²) in [5.41, 5.74) is 1.10. The maximum Gasteiger partial charge on any atom is 0.142 e. The van der Waals surface area contributed by atoms with E-state index in [9.17, 15) is 0 Å². The van der Waals surface area contributed by atoms with Gasteiger partial charge in [-0.3, -0.25) is 0 Å². The zero-order chi connectivity index (χ0) is 13.9. The van der Waals surface area contributed by atoms with Gasteiger partial charge in [0.05, 0.1) is 11.0 Å². The summed E-state index contributed by atoms with van der Waals surface area (Å²) < 4.78 is 6.20. The number of aromatic amines is 1. The summed E-state index contributed by atoms with van der Waals surface area (Å²) >= 11 is 0. The molecule has 3 fully saturated rings. The highest BCUT2D eigenvalue weighted by molar-refractivity contribution is 5.86. The summed E-state index contributed by atoms with van der Waals surface area (Å²) in [5, 5.41) is 4.78. The summed E-state index contributed by atoms with van der Waals surface area (Å²) in [4.78, 5) is 11.9. The fourth-order valence-corrected chi connectivity index (χ4v) is 4.93. The van der Waals surface area contributed by atoms with Gasteiger partial charge in [0.25, 0.3) is 0 Å². The second-order valence-corrected chi connectivity index (χ2v) is 6.74. The monoisotopic (exact) mass is 284 g/mol. The highest BCUT2D eigenvalue weighted by Gasteiger charge is 2.62. The van der Waals surface area contributed by atoms with Gasteiger partial charge in [-0.25, -0.2) is 9.97 Å². The first-order valence-electron chi connectivity index (χ1n) is 8.05. The van der Waals surface area contributed by atoms with Crippen LogP contribution in [0, 0.1) is 11.8 Å². The van der Waals surface area contributed by atoms with Crippen LogP contribution in [0.15, 0.2) is 18.6 Å². The van der Waals surface area contributed by atoms with Crippen molar-refractivity contribution in [3.05, 3.63) is 18.6 Å². The van der Waals surface area contributed by atoms with Crippen molar-refractivity contribution in [3.63, 3.8) is 0 Å². The van der Waals surface area contributed by atoms with Crippen molar-refractivity contribution in [2.75, 3.05) is 11.9 Å². The molecule has 1 spiro atoms. The lowest BCUT2D eigenvalue weighted by atomic mass is 9.53. The lowest BCUT2D eigenvalue weighted by molar-refractivity contribution is -0.160. The summed E-state index contributed by atoms with van der Waals surface area (Å²) in [7, 11) is 0. The average Bonchev–Trinajstić information content (AvgIpc) is 3.05. The van der Waals surface area contributed by atoms with E-state index in [1.807, 2.05) is 12.3 Å². The molecule has 3 heterocycles. The number of hydrogen-bond acceptors (Lipinski definition) is 4. The van der Waals surface area contributed by atoms with Gasteiger partial charge in [0.15, 0.2) is 0 Å². The standard InChI is InChI=1S/C16H20N4O/c1-2-13(12-8-10-4-7-21-16(10,12)5-1)20-15-11-3-6-17-14(11)18-9-19-15/h3,6,9-10,12-13H,1-2,4-5,7-8H2,(H2,17,18,19,20). The summed E-state index contributed by atoms with van der Waals surface area (Å²) in [6.07, 6.45) is 9.87. The van der Waals surface area contributed by atoms with Crippen LogP contribution in [0.25, 0.3) is 11.0 Å². The minimum atomic E-state index is 0.195. The highest BCUT2D eigenvalue weighted by atomic mass is 16.5. The molecule has 0 aromatic carbocycles. The molecule has 2 aromatic heterocycles. The Kier molecular flexibility index (Phi) is 2.39. The summed E-state index contributed by atoms with van der Waals surface area (Å²) in [6.45, 7) is 0.962. The zero-order valence-corrected chi connectivity index (χ0v) is 12.0. The van der Waals surface area contributed by atoms with Crippen LogP contribution in [-0.2, 0) is 4.74 Å². The molecule has 1 aliphatic heterocycles. The van der Waals surface area contributed by atoms with E-state index < -0.39 is 0 Å². The van der Waals surface area contributed by atoms with E-state index in [-0.39, 0.29) is 5.60 Å². The average molecular weight is 284 g/mol. The molecule has 110 valence electrons. The largest absolute Gasteiger partial charge is 0.374 e. The Hall–Kier alpha value is -1.62. The van der Waals surface area contributed by atoms with Crippen LogP contribution in [0.2, 0.25) is 0 Å². The molecule has 2 saturated carbocycles. The SMILES string of the molecule is c1nc(NC2CCCC34OCCC3CC24)c2cc[nH]c2n1. The molecular formula is C16H20N4O. The van der Waals surface area contributed by atoms with E-state index in [2.05, 4.69) is 20.3 Å². The number of aromatic nitrogens is 3. The molecule has 0 amide bonds. The second-order valence-electron chi connectivity index (χ2n) is 6.74. The van der Waals surface area contributed by atoms with Gasteiger partial charge in [0.1, 0.15) is 17.8 Å². The smallest absolute Gasteiger partial charge is 0.142 e. The van der Waals surface area contributed by atoms with E-state index in [0.29, 0.717) is 12.0 Å². The first-order chi connectivity index (χ1) is 10.4. The third-order valence-electron chi connectivity index (χ3n) is 5.94. The first-order valence-corrected chi connectivity index (χ1v) is 8.05. The predicted molar refractivity (Wildman–Crippen MR) is 80.0 cm³/mol. The fourth-order valence-electron chi connectivity index (χ4n) is 4.93. The van der Waals surface area contributed by atoms with E-state index in [1.54, 1.807) is 6.33 Å². The van der Waals surface area contributed by atoms with Crippen molar-refractivity contribution in [2.45, 2.75) is 43.7 Å². The van der Waals surface area contributed by atoms with Crippen LogP contribution in [0.4, 0.5) is 5.82 Å². The molecule has 5 nitrogen and oxygen atoms in total. The Morgan fingerprint density at radius 1 is 1.33 bits per heavy atom. The topological polar surface area (TPSA) is 62.8 Å². The molecule has 5 heteroatoms. The first kappa shape index (κ1) is 12.0. The minimum absolute atomic E-state index is 0.195. The molecule has 5 rings (SSSR count). The lowest BCUT2D eigenvalue weighted by Crippen LogP contribution is -2.61. The van der Waals surface area contributed by atoms with Crippen LogP contribution in [-0.4, -0.2) is 33.2 Å². The molecule has 0 radical (unpaired) electrons. The Morgan fingerprint density at radius 3 is 3.29 bits per heavy atom. The predicted octanol–water partition coefficient (Wildman–Crippen LogP) is 2.72. The molecule has 4 unspecified atom stereocenters. The van der Waals surface area contributed by atoms with E-state index in [4.69, 9.17) is 4.74 Å². The molecule has 2 aromatic rings. The van der Waals surface area contributed by atoms with Gasteiger partial charge in [0, 0.05) is 24.8 Å². The molecular weight excluding hydrogens is 264 g/mol. The van der Waals surface area contributed by atoms with Crippen molar-refractivity contribution in [1.82, 2.24) is 15.0 Å². The number of H-pyrrole nitrogens is 1. The van der Waals surface area contributed by atoms with Gasteiger partial charge in [-0.15, -0.1) is 0 Å². The number of ether oxygens (including phenoxy) is 1. The number of nitrogens with one attached hydrogen (secondary N) is 2. The summed E-state index contributed by atoms with van der Waals surface area (Å²) in [5.74, 6) is 2.43. The molecule has 2 N–H and O–H groups in total. The third kappa shape index (κ3) is 1.55. The van der Waals surface area contributed by atoms with Crippen molar-refractivity contribution < 1.29 is 4.74 Å². The van der Waals surface area contributed by atoms with Gasteiger partial charge >= 0.3 is 0 Å². The Labute approximate surface area is 123 Å². The lowest BCUT2D eigenvalue weighted by Gasteiger charge is -2.57. The molecule has 0 bridgehead atoms. The van der Waals surface area contributed by atoms with Gasteiger partial charge in [-0.2, -0.15) is 0 Å². The quantitative estimate of drug-likeness (QED) is 0.890. The molecule has 2 aliphatic carbocycles. The van der Waals surface area contributed by atoms with Crippen LogP contribution in [0.3, 0.4) is 0 Å². The highest BCUT2D eigenvalue weighted by Crippen LogP contribution is 2.59. The van der Waals surface area contributed by atoms with Gasteiger partial charge in [0.2, 0.25) is 0 Å². The Morgan fingerprint density at radius 2 is 2.33 bits per heavy atom. The van der Waals surface area contributed by atoms with Crippen molar-refractivity contribution in [3.8, 4) is 0 Å². The minimum Gasteiger partial charge on any atom is -0.374 e. The van der Waals surface area contributed by atoms with Gasteiger partial charge in [-0.05, 0) is 44.1 Å². The second kappa shape index (κ2) is 4.19. The van der Waals surface area contributed by atoms with Crippen LogP contribution < -0.4 is 5.32 Å². The fraction of sp³-hybridized carbons (Fsp3) is 0.625. The number of rotatable bonds is 2. The van der Waals surface area contributed by atoms with E-state index >= 15 is 0 Å². The van der Waals surface area contributed by atoms with Crippen LogP contribution in [0.5, 0.6) is 0 Å². The Bertz CT molecular complexity index is 684. The zero-order valence-electron chi connectivity index (χ0n) is 12.0. The van der Waals surface area contributed by atoms with E-state index in [1.165, 1.54) is 32.1 Å².